The highest BCUT2D eigenvalue weighted by Crippen LogP contribution is 2.33. The number of carbonyl (C=O) groups excluding carboxylic acids is 1. The number of fused-ring (bicyclic) bond motifs is 1. The van der Waals surface area contributed by atoms with Crippen LogP contribution >= 0.6 is 0 Å². The zero-order valence-corrected chi connectivity index (χ0v) is 14.9. The summed E-state index contributed by atoms with van der Waals surface area (Å²) in [5.41, 5.74) is 9.81. The zero-order chi connectivity index (χ0) is 18.8. The monoisotopic (exact) mass is 357 g/mol. The van der Waals surface area contributed by atoms with E-state index in [9.17, 15) is 4.79 Å². The highest BCUT2D eigenvalue weighted by Gasteiger charge is 2.12. The Bertz CT molecular complexity index is 1120. The lowest BCUT2D eigenvalue weighted by molar-refractivity contribution is 0.100. The second-order valence-electron chi connectivity index (χ2n) is 6.39. The molecule has 5 nitrogen and oxygen atoms in total. The number of aryl methyl sites for hydroxylation is 1. The third-order valence-corrected chi connectivity index (χ3v) is 4.56. The molecule has 27 heavy (non-hydrogen) atoms. The molecule has 4 aromatic rings. The van der Waals surface area contributed by atoms with Crippen molar-refractivity contribution in [2.75, 3.05) is 0 Å². The standard InChI is InChI=1S/C22H19N3O2/c1-25-20-9-7-16(11-18(20)13-24-25)19-12-17(22(23)26)8-10-21(19)27-14-15-5-3-2-4-6-15/h2-13H,14H2,1H3,(H2,23,26). The van der Waals surface area contributed by atoms with E-state index in [2.05, 4.69) is 5.10 Å². The van der Waals surface area contributed by atoms with E-state index in [4.69, 9.17) is 10.5 Å². The molecule has 0 fully saturated rings. The van der Waals surface area contributed by atoms with E-state index in [1.165, 1.54) is 0 Å². The molecule has 3 aromatic carbocycles. The summed E-state index contributed by atoms with van der Waals surface area (Å²) >= 11 is 0. The molecule has 0 unspecified atom stereocenters. The van der Waals surface area contributed by atoms with Gasteiger partial charge in [-0.25, -0.2) is 0 Å². The Morgan fingerprint density at radius 1 is 1.07 bits per heavy atom. The van der Waals surface area contributed by atoms with Crippen molar-refractivity contribution in [1.29, 1.82) is 0 Å². The van der Waals surface area contributed by atoms with E-state index in [-0.39, 0.29) is 0 Å². The highest BCUT2D eigenvalue weighted by atomic mass is 16.5. The molecule has 0 radical (unpaired) electrons. The number of ether oxygens (including phenoxy) is 1. The molecular weight excluding hydrogens is 338 g/mol. The molecule has 0 aliphatic heterocycles. The number of rotatable bonds is 5. The molecule has 0 bridgehead atoms. The van der Waals surface area contributed by atoms with Gasteiger partial charge < -0.3 is 10.5 Å². The fourth-order valence-electron chi connectivity index (χ4n) is 3.10. The van der Waals surface area contributed by atoms with Crippen molar-refractivity contribution in [2.45, 2.75) is 6.61 Å². The van der Waals surface area contributed by atoms with Gasteiger partial charge in [-0.05, 0) is 41.5 Å². The van der Waals surface area contributed by atoms with E-state index in [0.29, 0.717) is 17.9 Å². The summed E-state index contributed by atoms with van der Waals surface area (Å²) in [7, 11) is 1.91. The fraction of sp³-hybridized carbons (Fsp3) is 0.0909. The van der Waals surface area contributed by atoms with Gasteiger partial charge in [0, 0.05) is 23.6 Å². The first-order valence-electron chi connectivity index (χ1n) is 8.64. The SMILES string of the molecule is Cn1ncc2cc(-c3cc(C(N)=O)ccc3OCc3ccccc3)ccc21. The van der Waals surface area contributed by atoms with E-state index in [0.717, 1.165) is 27.6 Å². The van der Waals surface area contributed by atoms with Gasteiger partial charge in [-0.1, -0.05) is 36.4 Å². The van der Waals surface area contributed by atoms with Crippen molar-refractivity contribution < 1.29 is 9.53 Å². The lowest BCUT2D eigenvalue weighted by Gasteiger charge is -2.13. The van der Waals surface area contributed by atoms with Crippen molar-refractivity contribution in [1.82, 2.24) is 9.78 Å². The van der Waals surface area contributed by atoms with E-state index in [1.54, 1.807) is 18.2 Å². The Balaban J connectivity index is 1.75. The number of amides is 1. The van der Waals surface area contributed by atoms with Crippen LogP contribution < -0.4 is 10.5 Å². The highest BCUT2D eigenvalue weighted by molar-refractivity contribution is 5.95. The van der Waals surface area contributed by atoms with Crippen LogP contribution in [0.2, 0.25) is 0 Å². The minimum atomic E-state index is -0.465. The number of carbonyl (C=O) groups is 1. The summed E-state index contributed by atoms with van der Waals surface area (Å²) < 4.78 is 7.88. The minimum absolute atomic E-state index is 0.443. The Labute approximate surface area is 157 Å². The van der Waals surface area contributed by atoms with E-state index in [1.807, 2.05) is 66.5 Å². The second-order valence-corrected chi connectivity index (χ2v) is 6.39. The summed E-state index contributed by atoms with van der Waals surface area (Å²) in [4.78, 5) is 11.7. The Morgan fingerprint density at radius 3 is 2.67 bits per heavy atom. The predicted octanol–water partition coefficient (Wildman–Crippen LogP) is 3.92. The molecule has 2 N–H and O–H groups in total. The van der Waals surface area contributed by atoms with Crippen LogP contribution in [0.1, 0.15) is 15.9 Å². The van der Waals surface area contributed by atoms with Gasteiger partial charge in [-0.15, -0.1) is 0 Å². The van der Waals surface area contributed by atoms with Gasteiger partial charge in [0.2, 0.25) is 5.91 Å². The maximum Gasteiger partial charge on any atom is 0.248 e. The molecule has 0 saturated heterocycles. The number of benzene rings is 3. The van der Waals surface area contributed by atoms with Crippen molar-refractivity contribution in [3.05, 3.63) is 84.1 Å². The molecular formula is C22H19N3O2. The maximum absolute atomic E-state index is 11.7. The van der Waals surface area contributed by atoms with Crippen LogP contribution in [0.15, 0.2) is 72.9 Å². The quantitative estimate of drug-likeness (QED) is 0.588. The smallest absolute Gasteiger partial charge is 0.248 e. The largest absolute Gasteiger partial charge is 0.488 e. The Morgan fingerprint density at radius 2 is 1.89 bits per heavy atom. The first-order valence-corrected chi connectivity index (χ1v) is 8.64. The zero-order valence-electron chi connectivity index (χ0n) is 14.9. The third-order valence-electron chi connectivity index (χ3n) is 4.56. The molecule has 0 aliphatic carbocycles. The van der Waals surface area contributed by atoms with E-state index >= 15 is 0 Å². The molecule has 134 valence electrons. The Hall–Kier alpha value is -3.60. The van der Waals surface area contributed by atoms with Gasteiger partial charge >= 0.3 is 0 Å². The summed E-state index contributed by atoms with van der Waals surface area (Å²) in [6.07, 6.45) is 1.82. The van der Waals surface area contributed by atoms with Crippen LogP contribution in [-0.2, 0) is 13.7 Å². The molecule has 0 aliphatic rings. The summed E-state index contributed by atoms with van der Waals surface area (Å²) in [5.74, 6) is 0.236. The average Bonchev–Trinajstić information content (AvgIpc) is 3.07. The summed E-state index contributed by atoms with van der Waals surface area (Å²) in [6, 6.07) is 21.3. The lowest BCUT2D eigenvalue weighted by atomic mass is 10.0. The summed E-state index contributed by atoms with van der Waals surface area (Å²) in [5, 5.41) is 5.31. The third kappa shape index (κ3) is 3.40. The first kappa shape index (κ1) is 16.8. The average molecular weight is 357 g/mol. The molecule has 1 heterocycles. The van der Waals surface area contributed by atoms with Gasteiger partial charge in [-0.2, -0.15) is 5.10 Å². The maximum atomic E-state index is 11.7. The molecule has 4 rings (SSSR count). The first-order chi connectivity index (χ1) is 13.1. The number of aromatic nitrogens is 2. The van der Waals surface area contributed by atoms with Gasteiger partial charge in [0.25, 0.3) is 0 Å². The van der Waals surface area contributed by atoms with Crippen LogP contribution in [0.3, 0.4) is 0 Å². The fourth-order valence-corrected chi connectivity index (χ4v) is 3.10. The van der Waals surface area contributed by atoms with Crippen LogP contribution in [0.25, 0.3) is 22.0 Å². The topological polar surface area (TPSA) is 70.1 Å². The molecule has 1 amide bonds. The molecule has 1 aromatic heterocycles. The van der Waals surface area contributed by atoms with Gasteiger partial charge in [0.1, 0.15) is 12.4 Å². The van der Waals surface area contributed by atoms with Crippen molar-refractivity contribution >= 4 is 16.8 Å². The number of nitrogens with two attached hydrogens (primary N) is 1. The van der Waals surface area contributed by atoms with Crippen molar-refractivity contribution in [3.8, 4) is 16.9 Å². The van der Waals surface area contributed by atoms with Crippen LogP contribution in [0, 0.1) is 0 Å². The number of primary amides is 1. The number of hydrogen-bond donors (Lipinski definition) is 1. The Kier molecular flexibility index (Phi) is 4.34. The molecule has 0 spiro atoms. The van der Waals surface area contributed by atoms with Crippen LogP contribution in [-0.4, -0.2) is 15.7 Å². The van der Waals surface area contributed by atoms with Crippen LogP contribution in [0.5, 0.6) is 5.75 Å². The number of hydrogen-bond acceptors (Lipinski definition) is 3. The van der Waals surface area contributed by atoms with Gasteiger partial charge in [0.15, 0.2) is 0 Å². The summed E-state index contributed by atoms with van der Waals surface area (Å²) in [6.45, 7) is 0.443. The molecule has 0 saturated carbocycles. The minimum Gasteiger partial charge on any atom is -0.488 e. The van der Waals surface area contributed by atoms with Crippen LogP contribution in [0.4, 0.5) is 0 Å². The number of nitrogens with zero attached hydrogens (tertiary/aromatic N) is 2. The van der Waals surface area contributed by atoms with Crippen molar-refractivity contribution in [2.24, 2.45) is 12.8 Å². The second kappa shape index (κ2) is 6.96. The van der Waals surface area contributed by atoms with Gasteiger partial charge in [0.05, 0.1) is 11.7 Å². The molecule has 5 heteroatoms. The molecule has 0 atom stereocenters. The van der Waals surface area contributed by atoms with Crippen molar-refractivity contribution in [3.63, 3.8) is 0 Å². The van der Waals surface area contributed by atoms with Gasteiger partial charge in [-0.3, -0.25) is 9.48 Å². The lowest BCUT2D eigenvalue weighted by Crippen LogP contribution is -2.11. The van der Waals surface area contributed by atoms with E-state index < -0.39 is 5.91 Å². The predicted molar refractivity (Wildman–Crippen MR) is 105 cm³/mol. The normalized spacial score (nSPS) is 10.9.